The van der Waals surface area contributed by atoms with Crippen molar-refractivity contribution in [2.24, 2.45) is 4.99 Å². The molecule has 0 bridgehead atoms. The second-order valence-electron chi connectivity index (χ2n) is 6.44. The highest BCUT2D eigenvalue weighted by Gasteiger charge is 2.17. The zero-order valence-corrected chi connectivity index (χ0v) is 15.8. The number of nitrogens with zero attached hydrogens (tertiary/aromatic N) is 3. The Hall–Kier alpha value is -2.31. The predicted molar refractivity (Wildman–Crippen MR) is 104 cm³/mol. The van der Waals surface area contributed by atoms with Crippen LogP contribution in [0.4, 0.5) is 10.1 Å². The summed E-state index contributed by atoms with van der Waals surface area (Å²) in [5.74, 6) is 0.519. The lowest BCUT2D eigenvalue weighted by Crippen LogP contribution is -2.40. The first-order valence-electron chi connectivity index (χ1n) is 9.37. The number of anilines is 1. The van der Waals surface area contributed by atoms with E-state index in [1.807, 2.05) is 29.8 Å². The minimum absolute atomic E-state index is 0.0824. The Morgan fingerprint density at radius 3 is 2.69 bits per heavy atom. The molecule has 0 spiro atoms. The van der Waals surface area contributed by atoms with Gasteiger partial charge in [0, 0.05) is 39.8 Å². The Morgan fingerprint density at radius 2 is 2.00 bits per heavy atom. The topological polar surface area (TPSA) is 60.0 Å². The van der Waals surface area contributed by atoms with Gasteiger partial charge in [0.15, 0.2) is 5.96 Å². The van der Waals surface area contributed by atoms with E-state index in [9.17, 15) is 9.18 Å². The molecule has 26 heavy (non-hydrogen) atoms. The van der Waals surface area contributed by atoms with Crippen LogP contribution in [0.2, 0.25) is 0 Å². The Labute approximate surface area is 155 Å². The summed E-state index contributed by atoms with van der Waals surface area (Å²) in [5, 5.41) is 6.39. The van der Waals surface area contributed by atoms with E-state index in [1.54, 1.807) is 12.1 Å². The van der Waals surface area contributed by atoms with Gasteiger partial charge in [-0.3, -0.25) is 4.79 Å². The number of hydrogen-bond donors (Lipinski definition) is 2. The molecule has 0 unspecified atom stereocenters. The van der Waals surface area contributed by atoms with Gasteiger partial charge in [0.1, 0.15) is 12.4 Å². The van der Waals surface area contributed by atoms with Crippen LogP contribution < -0.4 is 15.5 Å². The number of rotatable bonds is 8. The van der Waals surface area contributed by atoms with E-state index in [1.165, 1.54) is 6.07 Å². The molecule has 7 heteroatoms. The normalized spacial score (nSPS) is 14.4. The van der Waals surface area contributed by atoms with Crippen LogP contribution in [-0.2, 0) is 4.79 Å². The van der Waals surface area contributed by atoms with Gasteiger partial charge in [0.2, 0.25) is 5.91 Å². The maximum Gasteiger partial charge on any atom is 0.244 e. The number of para-hydroxylation sites is 1. The fourth-order valence-electron chi connectivity index (χ4n) is 2.96. The van der Waals surface area contributed by atoms with Crippen LogP contribution in [0.25, 0.3) is 0 Å². The van der Waals surface area contributed by atoms with E-state index in [0.29, 0.717) is 18.2 Å². The molecule has 0 atom stereocenters. The smallest absolute Gasteiger partial charge is 0.244 e. The van der Waals surface area contributed by atoms with Crippen molar-refractivity contribution < 1.29 is 9.18 Å². The minimum Gasteiger partial charge on any atom is -0.372 e. The van der Waals surface area contributed by atoms with E-state index in [4.69, 9.17) is 0 Å². The first-order chi connectivity index (χ1) is 12.6. The Morgan fingerprint density at radius 1 is 1.27 bits per heavy atom. The fourth-order valence-corrected chi connectivity index (χ4v) is 2.96. The van der Waals surface area contributed by atoms with Gasteiger partial charge in [-0.1, -0.05) is 12.1 Å². The number of halogens is 1. The van der Waals surface area contributed by atoms with Crippen molar-refractivity contribution in [2.45, 2.75) is 26.2 Å². The maximum absolute atomic E-state index is 13.8. The number of carbonyl (C=O) groups is 1. The summed E-state index contributed by atoms with van der Waals surface area (Å²) < 4.78 is 13.8. The molecule has 0 saturated carbocycles. The number of hydrogen-bond acceptors (Lipinski definition) is 3. The number of benzene rings is 1. The highest BCUT2D eigenvalue weighted by Crippen LogP contribution is 2.16. The lowest BCUT2D eigenvalue weighted by atomic mass is 10.2. The third kappa shape index (κ3) is 6.20. The molecule has 2 N–H and O–H groups in total. The zero-order chi connectivity index (χ0) is 18.8. The molecule has 1 heterocycles. The molecule has 0 aliphatic carbocycles. The number of carbonyl (C=O) groups excluding carboxylic acids is 1. The fraction of sp³-hybridized carbons (Fsp3) is 0.579. The first-order valence-corrected chi connectivity index (χ1v) is 9.37. The van der Waals surface area contributed by atoms with Crippen molar-refractivity contribution in [3.8, 4) is 0 Å². The van der Waals surface area contributed by atoms with E-state index in [0.717, 1.165) is 45.4 Å². The van der Waals surface area contributed by atoms with Gasteiger partial charge in [-0.05, 0) is 38.3 Å². The molecule has 0 radical (unpaired) electrons. The average molecular weight is 363 g/mol. The monoisotopic (exact) mass is 363 g/mol. The lowest BCUT2D eigenvalue weighted by Gasteiger charge is -2.20. The molecule has 2 rings (SSSR count). The second-order valence-corrected chi connectivity index (χ2v) is 6.44. The lowest BCUT2D eigenvalue weighted by molar-refractivity contribution is -0.128. The first kappa shape index (κ1) is 20.0. The molecule has 1 amide bonds. The van der Waals surface area contributed by atoms with Gasteiger partial charge in [-0.25, -0.2) is 9.38 Å². The SMILES string of the molecule is CCNC(=NCC(=O)N1CCCC1)NCCCN(C)c1ccccc1F. The molecule has 1 aromatic rings. The van der Waals surface area contributed by atoms with E-state index in [2.05, 4.69) is 15.6 Å². The van der Waals surface area contributed by atoms with E-state index < -0.39 is 0 Å². The molecule has 144 valence electrons. The zero-order valence-electron chi connectivity index (χ0n) is 15.8. The number of likely N-dealkylation sites (tertiary alicyclic amines) is 1. The third-order valence-electron chi connectivity index (χ3n) is 4.40. The van der Waals surface area contributed by atoms with Gasteiger partial charge >= 0.3 is 0 Å². The van der Waals surface area contributed by atoms with Gasteiger partial charge < -0.3 is 20.4 Å². The summed E-state index contributed by atoms with van der Waals surface area (Å²) in [6.07, 6.45) is 3.00. The summed E-state index contributed by atoms with van der Waals surface area (Å²) in [5.41, 5.74) is 0.601. The van der Waals surface area contributed by atoms with Gasteiger partial charge in [0.05, 0.1) is 5.69 Å². The molecule has 1 fully saturated rings. The molecule has 1 aliphatic rings. The van der Waals surface area contributed by atoms with Crippen LogP contribution >= 0.6 is 0 Å². The van der Waals surface area contributed by atoms with Crippen molar-refractivity contribution in [1.29, 1.82) is 0 Å². The number of nitrogens with one attached hydrogen (secondary N) is 2. The van der Waals surface area contributed by atoms with Crippen molar-refractivity contribution in [3.63, 3.8) is 0 Å². The van der Waals surface area contributed by atoms with Gasteiger partial charge in [-0.2, -0.15) is 0 Å². The van der Waals surface area contributed by atoms with Crippen LogP contribution in [0, 0.1) is 5.82 Å². The molecular formula is C19H30FN5O. The number of guanidine groups is 1. The summed E-state index contributed by atoms with van der Waals surface area (Å²) in [7, 11) is 1.88. The maximum atomic E-state index is 13.8. The molecule has 1 aromatic carbocycles. The molecular weight excluding hydrogens is 333 g/mol. The highest BCUT2D eigenvalue weighted by molar-refractivity contribution is 5.85. The summed E-state index contributed by atoms with van der Waals surface area (Å²) in [4.78, 5) is 20.2. The Kier molecular flexibility index (Phi) is 8.18. The van der Waals surface area contributed by atoms with Crippen LogP contribution in [0.3, 0.4) is 0 Å². The molecule has 6 nitrogen and oxygen atoms in total. The third-order valence-corrected chi connectivity index (χ3v) is 4.40. The van der Waals surface area contributed by atoms with Crippen molar-refractivity contribution in [1.82, 2.24) is 15.5 Å². The number of amides is 1. The Bertz CT molecular complexity index is 601. The van der Waals surface area contributed by atoms with E-state index in [-0.39, 0.29) is 18.3 Å². The van der Waals surface area contributed by atoms with Crippen molar-refractivity contribution >= 4 is 17.6 Å². The van der Waals surface area contributed by atoms with Crippen LogP contribution in [0.5, 0.6) is 0 Å². The second kappa shape index (κ2) is 10.6. The van der Waals surface area contributed by atoms with E-state index >= 15 is 0 Å². The van der Waals surface area contributed by atoms with Crippen molar-refractivity contribution in [2.75, 3.05) is 51.2 Å². The molecule has 1 saturated heterocycles. The Balaban J connectivity index is 1.74. The van der Waals surface area contributed by atoms with Crippen LogP contribution in [0.15, 0.2) is 29.3 Å². The van der Waals surface area contributed by atoms with Crippen molar-refractivity contribution in [3.05, 3.63) is 30.1 Å². The molecule has 1 aliphatic heterocycles. The summed E-state index contributed by atoms with van der Waals surface area (Å²) in [6.45, 7) is 6.01. The summed E-state index contributed by atoms with van der Waals surface area (Å²) >= 11 is 0. The average Bonchev–Trinajstić information content (AvgIpc) is 3.18. The predicted octanol–water partition coefficient (Wildman–Crippen LogP) is 1.83. The van der Waals surface area contributed by atoms with Gasteiger partial charge in [-0.15, -0.1) is 0 Å². The highest BCUT2D eigenvalue weighted by atomic mass is 19.1. The quantitative estimate of drug-likeness (QED) is 0.420. The summed E-state index contributed by atoms with van der Waals surface area (Å²) in [6, 6.07) is 6.77. The number of aliphatic imine (C=N–C) groups is 1. The van der Waals surface area contributed by atoms with Gasteiger partial charge in [0.25, 0.3) is 0 Å². The largest absolute Gasteiger partial charge is 0.372 e. The standard InChI is InChI=1S/C19H30FN5O/c1-3-21-19(23-15-18(26)25-13-6-7-14-25)22-11-8-12-24(2)17-10-5-4-9-16(17)20/h4-5,9-10H,3,6-8,11-15H2,1-2H3,(H2,21,22,23). The minimum atomic E-state index is -0.210. The molecule has 0 aromatic heterocycles. The van der Waals surface area contributed by atoms with Crippen LogP contribution in [0.1, 0.15) is 26.2 Å². The van der Waals surface area contributed by atoms with Crippen LogP contribution in [-0.4, -0.2) is 63.1 Å².